The molecule has 0 amide bonds. The number of aryl methyl sites for hydroxylation is 2. The second-order valence-corrected chi connectivity index (χ2v) is 4.24. The third kappa shape index (κ3) is 2.48. The van der Waals surface area contributed by atoms with E-state index < -0.39 is 0 Å². The van der Waals surface area contributed by atoms with Gasteiger partial charge in [-0.3, -0.25) is 0 Å². The van der Waals surface area contributed by atoms with Gasteiger partial charge in [-0.15, -0.1) is 11.6 Å². The van der Waals surface area contributed by atoms with E-state index in [1.807, 2.05) is 13.0 Å². The van der Waals surface area contributed by atoms with Crippen LogP contribution >= 0.6 is 11.6 Å². The molecule has 0 aromatic heterocycles. The lowest BCUT2D eigenvalue weighted by Crippen LogP contribution is -1.96. The Balaban J connectivity index is 3.02. The molecule has 0 nitrogen and oxygen atoms in total. The van der Waals surface area contributed by atoms with Gasteiger partial charge in [0.25, 0.3) is 0 Å². The fraction of sp³-hybridized carbons (Fsp3) is 0.500. The zero-order valence-electron chi connectivity index (χ0n) is 8.90. The van der Waals surface area contributed by atoms with Crippen molar-refractivity contribution >= 4 is 11.6 Å². The monoisotopic (exact) mass is 214 g/mol. The highest BCUT2D eigenvalue weighted by Crippen LogP contribution is 2.29. The predicted molar refractivity (Wildman–Crippen MR) is 59.4 cm³/mol. The smallest absolute Gasteiger partial charge is 0.126 e. The number of alkyl halides is 1. The van der Waals surface area contributed by atoms with Gasteiger partial charge in [-0.05, 0) is 43.0 Å². The Bertz CT molecular complexity index is 320. The van der Waals surface area contributed by atoms with Gasteiger partial charge in [0, 0.05) is 0 Å². The minimum Gasteiger partial charge on any atom is -0.207 e. The maximum Gasteiger partial charge on any atom is 0.126 e. The lowest BCUT2D eigenvalue weighted by molar-refractivity contribution is 0.615. The molecule has 1 atom stereocenters. The van der Waals surface area contributed by atoms with Gasteiger partial charge in [0.15, 0.2) is 0 Å². The lowest BCUT2D eigenvalue weighted by atomic mass is 10.00. The van der Waals surface area contributed by atoms with Crippen LogP contribution in [-0.4, -0.2) is 0 Å². The molecular formula is C12H16ClF. The van der Waals surface area contributed by atoms with Gasteiger partial charge in [0.2, 0.25) is 0 Å². The molecule has 78 valence electrons. The van der Waals surface area contributed by atoms with E-state index in [1.165, 1.54) is 0 Å². The van der Waals surface area contributed by atoms with Gasteiger partial charge in [-0.25, -0.2) is 4.39 Å². The number of rotatable bonds is 3. The highest BCUT2D eigenvalue weighted by molar-refractivity contribution is 6.20. The number of halogens is 2. The topological polar surface area (TPSA) is 0 Å². The molecule has 1 aromatic rings. The van der Waals surface area contributed by atoms with Crippen LogP contribution in [0.2, 0.25) is 0 Å². The molecule has 0 aliphatic heterocycles. The summed E-state index contributed by atoms with van der Waals surface area (Å²) >= 11 is 6.21. The summed E-state index contributed by atoms with van der Waals surface area (Å²) in [6, 6.07) is 3.42. The van der Waals surface area contributed by atoms with Crippen LogP contribution in [0.25, 0.3) is 0 Å². The van der Waals surface area contributed by atoms with Crippen LogP contribution in [-0.2, 0) is 0 Å². The standard InChI is InChI=1S/C12H16ClF/c1-4-5-11(13)10-6-9(3)12(14)7-8(10)2/h6-7,11H,4-5H2,1-3H3. The van der Waals surface area contributed by atoms with Crippen LogP contribution in [0.15, 0.2) is 12.1 Å². The van der Waals surface area contributed by atoms with E-state index >= 15 is 0 Å². The molecule has 0 radical (unpaired) electrons. The van der Waals surface area contributed by atoms with Crippen molar-refractivity contribution in [3.8, 4) is 0 Å². The van der Waals surface area contributed by atoms with Crippen LogP contribution in [0.5, 0.6) is 0 Å². The van der Waals surface area contributed by atoms with Gasteiger partial charge in [-0.1, -0.05) is 19.4 Å². The molecule has 0 saturated heterocycles. The zero-order chi connectivity index (χ0) is 10.7. The molecule has 0 spiro atoms. The summed E-state index contributed by atoms with van der Waals surface area (Å²) in [4.78, 5) is 0. The summed E-state index contributed by atoms with van der Waals surface area (Å²) < 4.78 is 13.2. The van der Waals surface area contributed by atoms with E-state index in [0.29, 0.717) is 5.56 Å². The highest BCUT2D eigenvalue weighted by atomic mass is 35.5. The summed E-state index contributed by atoms with van der Waals surface area (Å²) in [6.45, 7) is 5.78. The third-order valence-electron chi connectivity index (χ3n) is 2.43. The molecule has 1 unspecified atom stereocenters. The average Bonchev–Trinajstić information content (AvgIpc) is 2.11. The molecule has 0 fully saturated rings. The van der Waals surface area contributed by atoms with Crippen molar-refractivity contribution in [2.75, 3.05) is 0 Å². The van der Waals surface area contributed by atoms with E-state index in [0.717, 1.165) is 24.0 Å². The van der Waals surface area contributed by atoms with Gasteiger partial charge in [0.1, 0.15) is 5.82 Å². The fourth-order valence-electron chi connectivity index (χ4n) is 1.55. The second kappa shape index (κ2) is 4.79. The van der Waals surface area contributed by atoms with Crippen molar-refractivity contribution in [2.24, 2.45) is 0 Å². The zero-order valence-corrected chi connectivity index (χ0v) is 9.66. The first-order valence-electron chi connectivity index (χ1n) is 4.97. The van der Waals surface area contributed by atoms with E-state index in [-0.39, 0.29) is 11.2 Å². The van der Waals surface area contributed by atoms with Crippen LogP contribution in [0.4, 0.5) is 4.39 Å². The normalized spacial score (nSPS) is 12.9. The SMILES string of the molecule is CCCC(Cl)c1cc(C)c(F)cc1C. The molecule has 0 bridgehead atoms. The molecule has 0 aliphatic carbocycles. The summed E-state index contributed by atoms with van der Waals surface area (Å²) in [5.74, 6) is -0.147. The quantitative estimate of drug-likeness (QED) is 0.649. The Morgan fingerprint density at radius 1 is 1.29 bits per heavy atom. The van der Waals surface area contributed by atoms with Crippen molar-refractivity contribution in [1.29, 1.82) is 0 Å². The Morgan fingerprint density at radius 3 is 2.50 bits per heavy atom. The predicted octanol–water partition coefficient (Wildman–Crippen LogP) is 4.52. The van der Waals surface area contributed by atoms with E-state index in [1.54, 1.807) is 13.0 Å². The first kappa shape index (κ1) is 11.5. The molecule has 1 rings (SSSR count). The molecule has 1 aromatic carbocycles. The van der Waals surface area contributed by atoms with Crippen molar-refractivity contribution in [2.45, 2.75) is 39.0 Å². The third-order valence-corrected chi connectivity index (χ3v) is 2.88. The number of hydrogen-bond donors (Lipinski definition) is 0. The van der Waals surface area contributed by atoms with Gasteiger partial charge in [-0.2, -0.15) is 0 Å². The minimum atomic E-state index is -0.147. The van der Waals surface area contributed by atoms with Crippen molar-refractivity contribution < 1.29 is 4.39 Å². The molecule has 14 heavy (non-hydrogen) atoms. The molecular weight excluding hydrogens is 199 g/mol. The van der Waals surface area contributed by atoms with Crippen LogP contribution in [0.3, 0.4) is 0 Å². The van der Waals surface area contributed by atoms with Crippen LogP contribution in [0, 0.1) is 19.7 Å². The van der Waals surface area contributed by atoms with Crippen LogP contribution in [0.1, 0.15) is 41.8 Å². The minimum absolute atomic E-state index is 0.0132. The molecule has 2 heteroatoms. The summed E-state index contributed by atoms with van der Waals surface area (Å²) in [5, 5.41) is 0.0132. The summed E-state index contributed by atoms with van der Waals surface area (Å²) in [6.07, 6.45) is 1.98. The molecule has 0 heterocycles. The Labute approximate surface area is 90.1 Å². The highest BCUT2D eigenvalue weighted by Gasteiger charge is 2.11. The second-order valence-electron chi connectivity index (χ2n) is 3.71. The van der Waals surface area contributed by atoms with Gasteiger partial charge >= 0.3 is 0 Å². The maximum atomic E-state index is 13.2. The average molecular weight is 215 g/mol. The number of benzene rings is 1. The molecule has 0 N–H and O–H groups in total. The largest absolute Gasteiger partial charge is 0.207 e. The fourth-order valence-corrected chi connectivity index (χ4v) is 2.00. The first-order chi connectivity index (χ1) is 6.56. The van der Waals surface area contributed by atoms with Crippen LogP contribution < -0.4 is 0 Å². The molecule has 0 aliphatic rings. The van der Waals surface area contributed by atoms with E-state index in [4.69, 9.17) is 11.6 Å². The maximum absolute atomic E-state index is 13.2. The lowest BCUT2D eigenvalue weighted by Gasteiger charge is -2.13. The first-order valence-corrected chi connectivity index (χ1v) is 5.40. The summed E-state index contributed by atoms with van der Waals surface area (Å²) in [7, 11) is 0. The summed E-state index contributed by atoms with van der Waals surface area (Å²) in [5.41, 5.74) is 2.68. The van der Waals surface area contributed by atoms with Gasteiger partial charge < -0.3 is 0 Å². The van der Waals surface area contributed by atoms with E-state index in [2.05, 4.69) is 6.92 Å². The Morgan fingerprint density at radius 2 is 1.93 bits per heavy atom. The Hall–Kier alpha value is -0.560. The van der Waals surface area contributed by atoms with Crippen molar-refractivity contribution in [3.05, 3.63) is 34.6 Å². The Kier molecular flexibility index (Phi) is 3.94. The van der Waals surface area contributed by atoms with E-state index in [9.17, 15) is 4.39 Å². The van der Waals surface area contributed by atoms with Crippen molar-refractivity contribution in [3.63, 3.8) is 0 Å². The van der Waals surface area contributed by atoms with Crippen molar-refractivity contribution in [1.82, 2.24) is 0 Å². The van der Waals surface area contributed by atoms with Gasteiger partial charge in [0.05, 0.1) is 5.38 Å². The molecule has 0 saturated carbocycles. The number of hydrogen-bond acceptors (Lipinski definition) is 0.